The van der Waals surface area contributed by atoms with E-state index in [2.05, 4.69) is 16.2 Å². The quantitative estimate of drug-likeness (QED) is 0.491. The lowest BCUT2D eigenvalue weighted by Crippen LogP contribution is -2.43. The smallest absolute Gasteiger partial charge is 0.328 e. The van der Waals surface area contributed by atoms with E-state index in [1.165, 1.54) is 7.11 Å². The van der Waals surface area contributed by atoms with E-state index in [0.717, 1.165) is 16.5 Å². The summed E-state index contributed by atoms with van der Waals surface area (Å²) in [7, 11) is 1.30. The number of benzene rings is 2. The van der Waals surface area contributed by atoms with E-state index in [0.29, 0.717) is 17.7 Å². The number of nitrogens with one attached hydrogen (secondary N) is 2. The van der Waals surface area contributed by atoms with Crippen LogP contribution in [0.1, 0.15) is 15.9 Å². The van der Waals surface area contributed by atoms with Crippen molar-refractivity contribution in [1.29, 1.82) is 0 Å². The monoisotopic (exact) mass is 376 g/mol. The number of para-hydroxylation sites is 1. The van der Waals surface area contributed by atoms with Crippen molar-refractivity contribution in [1.82, 2.24) is 10.3 Å². The van der Waals surface area contributed by atoms with Gasteiger partial charge in [0, 0.05) is 29.1 Å². The lowest BCUT2D eigenvalue weighted by Gasteiger charge is -2.16. The molecule has 0 bridgehead atoms. The molecule has 3 rings (SSSR count). The second-order valence-electron chi connectivity index (χ2n) is 6.13. The Bertz CT molecular complexity index is 1010. The Morgan fingerprint density at radius 1 is 1.18 bits per heavy atom. The van der Waals surface area contributed by atoms with Gasteiger partial charge in [-0.1, -0.05) is 24.1 Å². The van der Waals surface area contributed by atoms with Gasteiger partial charge in [-0.15, -0.1) is 6.42 Å². The van der Waals surface area contributed by atoms with Crippen molar-refractivity contribution in [2.24, 2.45) is 0 Å². The number of aromatic amines is 1. The molecule has 0 spiro atoms. The van der Waals surface area contributed by atoms with Crippen molar-refractivity contribution in [3.8, 4) is 18.1 Å². The Balaban J connectivity index is 1.74. The maximum Gasteiger partial charge on any atom is 0.328 e. The minimum atomic E-state index is -0.811. The van der Waals surface area contributed by atoms with Crippen LogP contribution in [0.15, 0.2) is 54.7 Å². The Morgan fingerprint density at radius 2 is 1.93 bits per heavy atom. The van der Waals surface area contributed by atoms with Gasteiger partial charge in [0.2, 0.25) is 0 Å². The van der Waals surface area contributed by atoms with Gasteiger partial charge in [-0.05, 0) is 35.9 Å². The fraction of sp³-hybridized carbons (Fsp3) is 0.182. The molecule has 6 nitrogen and oxygen atoms in total. The molecule has 1 amide bonds. The molecule has 2 aromatic carbocycles. The summed E-state index contributed by atoms with van der Waals surface area (Å²) in [4.78, 5) is 28.0. The highest BCUT2D eigenvalue weighted by atomic mass is 16.5. The number of terminal acetylenes is 1. The molecule has 3 aromatic rings. The number of fused-ring (bicyclic) bond motifs is 1. The van der Waals surface area contributed by atoms with Crippen molar-refractivity contribution >= 4 is 22.8 Å². The molecule has 142 valence electrons. The lowest BCUT2D eigenvalue weighted by molar-refractivity contribution is -0.142. The van der Waals surface area contributed by atoms with Crippen LogP contribution in [-0.2, 0) is 16.0 Å². The largest absolute Gasteiger partial charge is 0.481 e. The second-order valence-corrected chi connectivity index (χ2v) is 6.13. The summed E-state index contributed by atoms with van der Waals surface area (Å²) in [6.45, 7) is 0.153. The Kier molecular flexibility index (Phi) is 5.97. The van der Waals surface area contributed by atoms with Crippen LogP contribution in [0, 0.1) is 12.3 Å². The molecule has 0 fully saturated rings. The minimum Gasteiger partial charge on any atom is -0.481 e. The first kappa shape index (κ1) is 19.1. The molecule has 0 radical (unpaired) electrons. The first-order valence-corrected chi connectivity index (χ1v) is 8.72. The van der Waals surface area contributed by atoms with Crippen LogP contribution in [-0.4, -0.2) is 36.6 Å². The average Bonchev–Trinajstić information content (AvgIpc) is 3.14. The third-order valence-electron chi connectivity index (χ3n) is 4.33. The Morgan fingerprint density at radius 3 is 2.64 bits per heavy atom. The summed E-state index contributed by atoms with van der Waals surface area (Å²) < 4.78 is 10.2. The number of hydrogen-bond donors (Lipinski definition) is 2. The van der Waals surface area contributed by atoms with E-state index in [1.807, 2.05) is 30.5 Å². The van der Waals surface area contributed by atoms with Gasteiger partial charge in [-0.2, -0.15) is 0 Å². The molecule has 2 N–H and O–H groups in total. The predicted molar refractivity (Wildman–Crippen MR) is 106 cm³/mol. The van der Waals surface area contributed by atoms with Crippen LogP contribution in [0.2, 0.25) is 0 Å². The third kappa shape index (κ3) is 4.33. The van der Waals surface area contributed by atoms with Gasteiger partial charge in [-0.3, -0.25) is 4.79 Å². The molecule has 1 heterocycles. The van der Waals surface area contributed by atoms with Crippen LogP contribution in [0.3, 0.4) is 0 Å². The van der Waals surface area contributed by atoms with Crippen LogP contribution in [0.4, 0.5) is 0 Å². The van der Waals surface area contributed by atoms with Gasteiger partial charge in [0.15, 0.2) is 0 Å². The first-order chi connectivity index (χ1) is 13.6. The number of hydrogen-bond acceptors (Lipinski definition) is 4. The molecule has 6 heteroatoms. The number of H-pyrrole nitrogens is 1. The lowest BCUT2D eigenvalue weighted by atomic mass is 10.0. The van der Waals surface area contributed by atoms with Gasteiger partial charge >= 0.3 is 5.97 Å². The van der Waals surface area contributed by atoms with Crippen LogP contribution < -0.4 is 10.1 Å². The number of ether oxygens (including phenoxy) is 2. The first-order valence-electron chi connectivity index (χ1n) is 8.72. The zero-order valence-electron chi connectivity index (χ0n) is 15.4. The highest BCUT2D eigenvalue weighted by molar-refractivity contribution is 5.97. The van der Waals surface area contributed by atoms with Crippen LogP contribution in [0.5, 0.6) is 5.75 Å². The SMILES string of the molecule is C#CCOc1ccc(C(=O)N[C@H](Cc2c[nH]c3ccccc23)C(=O)OC)cc1. The summed E-state index contributed by atoms with van der Waals surface area (Å²) in [5.74, 6) is 2.06. The predicted octanol–water partition coefficient (Wildman–Crippen LogP) is 2.69. The van der Waals surface area contributed by atoms with E-state index >= 15 is 0 Å². The average molecular weight is 376 g/mol. The normalized spacial score (nSPS) is 11.4. The maximum atomic E-state index is 12.6. The van der Waals surface area contributed by atoms with Crippen molar-refractivity contribution in [2.45, 2.75) is 12.5 Å². The number of carbonyl (C=O) groups excluding carboxylic acids is 2. The zero-order valence-corrected chi connectivity index (χ0v) is 15.4. The van der Waals surface area contributed by atoms with Crippen molar-refractivity contribution < 1.29 is 19.1 Å². The van der Waals surface area contributed by atoms with Gasteiger partial charge < -0.3 is 19.8 Å². The van der Waals surface area contributed by atoms with Crippen LogP contribution >= 0.6 is 0 Å². The van der Waals surface area contributed by atoms with Gasteiger partial charge in [0.05, 0.1) is 7.11 Å². The van der Waals surface area contributed by atoms with E-state index < -0.39 is 12.0 Å². The van der Waals surface area contributed by atoms with Gasteiger partial charge in [-0.25, -0.2) is 4.79 Å². The summed E-state index contributed by atoms with van der Waals surface area (Å²) in [5.41, 5.74) is 2.29. The molecule has 0 saturated heterocycles. The highest BCUT2D eigenvalue weighted by Crippen LogP contribution is 2.20. The number of aromatic nitrogens is 1. The summed E-state index contributed by atoms with van der Waals surface area (Å²) >= 11 is 0. The Labute approximate surface area is 162 Å². The maximum absolute atomic E-state index is 12.6. The molecular weight excluding hydrogens is 356 g/mol. The van der Waals surface area contributed by atoms with E-state index in [4.69, 9.17) is 15.9 Å². The minimum absolute atomic E-state index is 0.153. The molecule has 1 atom stereocenters. The second kappa shape index (κ2) is 8.78. The number of rotatable bonds is 7. The summed E-state index contributed by atoms with van der Waals surface area (Å²) in [5, 5.41) is 3.75. The molecule has 1 aromatic heterocycles. The third-order valence-corrected chi connectivity index (χ3v) is 4.33. The molecule has 0 saturated carbocycles. The molecule has 0 aliphatic carbocycles. The fourth-order valence-electron chi connectivity index (χ4n) is 2.93. The highest BCUT2D eigenvalue weighted by Gasteiger charge is 2.24. The van der Waals surface area contributed by atoms with E-state index in [-0.39, 0.29) is 12.5 Å². The number of amides is 1. The van der Waals surface area contributed by atoms with E-state index in [9.17, 15) is 9.59 Å². The van der Waals surface area contributed by atoms with Crippen molar-refractivity contribution in [3.63, 3.8) is 0 Å². The number of methoxy groups -OCH3 is 1. The topological polar surface area (TPSA) is 80.4 Å². The molecule has 0 unspecified atom stereocenters. The molecular formula is C22H20N2O4. The zero-order chi connectivity index (χ0) is 19.9. The molecule has 0 aliphatic rings. The summed E-state index contributed by atoms with van der Waals surface area (Å²) in [6.07, 6.45) is 7.30. The van der Waals surface area contributed by atoms with Crippen molar-refractivity contribution in [3.05, 3.63) is 65.9 Å². The fourth-order valence-corrected chi connectivity index (χ4v) is 2.93. The number of esters is 1. The van der Waals surface area contributed by atoms with E-state index in [1.54, 1.807) is 24.3 Å². The standard InChI is InChI=1S/C22H20N2O4/c1-3-12-28-17-10-8-15(9-11-17)21(25)24-20(22(26)27-2)13-16-14-23-19-7-5-4-6-18(16)19/h1,4-11,14,20,23H,12-13H2,2H3,(H,24,25)/t20-/m1/s1. The molecule has 0 aliphatic heterocycles. The van der Waals surface area contributed by atoms with Crippen LogP contribution in [0.25, 0.3) is 10.9 Å². The molecule has 28 heavy (non-hydrogen) atoms. The Hall–Kier alpha value is -3.72. The van der Waals surface area contributed by atoms with Gasteiger partial charge in [0.25, 0.3) is 5.91 Å². The number of carbonyl (C=O) groups is 2. The van der Waals surface area contributed by atoms with Crippen molar-refractivity contribution in [2.75, 3.05) is 13.7 Å². The van der Waals surface area contributed by atoms with Gasteiger partial charge in [0.1, 0.15) is 18.4 Å². The summed E-state index contributed by atoms with van der Waals surface area (Å²) in [6, 6.07) is 13.5.